The van der Waals surface area contributed by atoms with Crippen molar-refractivity contribution >= 4 is 10.9 Å². The van der Waals surface area contributed by atoms with Gasteiger partial charge < -0.3 is 4.74 Å². The van der Waals surface area contributed by atoms with Crippen LogP contribution in [0.3, 0.4) is 0 Å². The van der Waals surface area contributed by atoms with Crippen LogP contribution >= 0.6 is 0 Å². The fourth-order valence-corrected chi connectivity index (χ4v) is 3.02. The quantitative estimate of drug-likeness (QED) is 0.736. The Hall–Kier alpha value is -2.46. The highest BCUT2D eigenvalue weighted by Gasteiger charge is 2.22. The lowest BCUT2D eigenvalue weighted by Crippen LogP contribution is -2.33. The molecule has 0 unspecified atom stereocenters. The molecule has 0 fully saturated rings. The van der Waals surface area contributed by atoms with E-state index in [1.165, 1.54) is 5.56 Å². The molecule has 0 saturated carbocycles. The topological polar surface area (TPSA) is 25.4 Å². The van der Waals surface area contributed by atoms with Crippen molar-refractivity contribution in [2.45, 2.75) is 13.0 Å². The summed E-state index contributed by atoms with van der Waals surface area (Å²) in [6.45, 7) is 2.08. The first-order valence-electron chi connectivity index (χ1n) is 7.76. The first-order valence-corrected chi connectivity index (χ1v) is 7.76. The molecular formula is C19H17FN2O. The standard InChI is InChI=1S/C19H17FN2O/c20-17-11-15-12-22(10-8-14-5-2-1-3-6-14)13-23-19(15)18-16(17)7-4-9-21-18/h1-7,9,11H,8,10,12-13H2. The average Bonchev–Trinajstić information content (AvgIpc) is 2.61. The number of nitrogens with zero attached hydrogens (tertiary/aromatic N) is 2. The van der Waals surface area contributed by atoms with Crippen molar-refractivity contribution < 1.29 is 9.13 Å². The van der Waals surface area contributed by atoms with Crippen LogP contribution in [0, 0.1) is 5.82 Å². The lowest BCUT2D eigenvalue weighted by Gasteiger charge is -2.29. The molecule has 0 bridgehead atoms. The molecule has 1 aliphatic rings. The summed E-state index contributed by atoms with van der Waals surface area (Å²) >= 11 is 0. The predicted molar refractivity (Wildman–Crippen MR) is 87.8 cm³/mol. The van der Waals surface area contributed by atoms with Crippen molar-refractivity contribution in [3.05, 3.63) is 71.7 Å². The fraction of sp³-hybridized carbons (Fsp3) is 0.211. The molecule has 0 N–H and O–H groups in total. The van der Waals surface area contributed by atoms with E-state index in [1.807, 2.05) is 18.2 Å². The van der Waals surface area contributed by atoms with Gasteiger partial charge in [-0.05, 0) is 30.2 Å². The van der Waals surface area contributed by atoms with Crippen LogP contribution in [0.4, 0.5) is 4.39 Å². The molecule has 23 heavy (non-hydrogen) atoms. The van der Waals surface area contributed by atoms with E-state index in [0.717, 1.165) is 24.3 Å². The maximum atomic E-state index is 14.2. The molecule has 1 aliphatic heterocycles. The van der Waals surface area contributed by atoms with Gasteiger partial charge in [0.2, 0.25) is 0 Å². The maximum absolute atomic E-state index is 14.2. The Balaban J connectivity index is 1.55. The minimum atomic E-state index is -0.236. The van der Waals surface area contributed by atoms with Crippen LogP contribution in [0.5, 0.6) is 5.75 Å². The van der Waals surface area contributed by atoms with Crippen LogP contribution in [-0.4, -0.2) is 23.2 Å². The highest BCUT2D eigenvalue weighted by atomic mass is 19.1. The monoisotopic (exact) mass is 308 g/mol. The smallest absolute Gasteiger partial charge is 0.152 e. The highest BCUT2D eigenvalue weighted by Crippen LogP contribution is 2.33. The van der Waals surface area contributed by atoms with E-state index in [1.54, 1.807) is 24.4 Å². The second-order valence-corrected chi connectivity index (χ2v) is 5.81. The Bertz CT molecular complexity index is 835. The number of aromatic nitrogens is 1. The van der Waals surface area contributed by atoms with Crippen molar-refractivity contribution in [2.24, 2.45) is 0 Å². The second kappa shape index (κ2) is 5.97. The second-order valence-electron chi connectivity index (χ2n) is 5.81. The summed E-state index contributed by atoms with van der Waals surface area (Å²) in [4.78, 5) is 6.47. The Kier molecular flexibility index (Phi) is 3.67. The molecule has 2 heterocycles. The highest BCUT2D eigenvalue weighted by molar-refractivity contribution is 5.86. The van der Waals surface area contributed by atoms with Crippen LogP contribution in [0.2, 0.25) is 0 Å². The van der Waals surface area contributed by atoms with Crippen LogP contribution in [0.15, 0.2) is 54.7 Å². The molecule has 0 radical (unpaired) electrons. The summed E-state index contributed by atoms with van der Waals surface area (Å²) in [6.07, 6.45) is 2.63. The Morgan fingerprint density at radius 2 is 2.00 bits per heavy atom. The van der Waals surface area contributed by atoms with Gasteiger partial charge in [-0.2, -0.15) is 0 Å². The van der Waals surface area contributed by atoms with Gasteiger partial charge in [0, 0.05) is 30.2 Å². The van der Waals surface area contributed by atoms with Crippen molar-refractivity contribution in [2.75, 3.05) is 13.3 Å². The van der Waals surface area contributed by atoms with Crippen molar-refractivity contribution in [3.63, 3.8) is 0 Å². The van der Waals surface area contributed by atoms with Gasteiger partial charge in [-0.25, -0.2) is 4.39 Å². The van der Waals surface area contributed by atoms with Crippen molar-refractivity contribution in [1.29, 1.82) is 0 Å². The minimum Gasteiger partial charge on any atom is -0.475 e. The van der Waals surface area contributed by atoms with Crippen LogP contribution in [0.1, 0.15) is 11.1 Å². The molecular weight excluding hydrogens is 291 g/mol. The van der Waals surface area contributed by atoms with E-state index in [4.69, 9.17) is 4.74 Å². The van der Waals surface area contributed by atoms with Crippen LogP contribution in [-0.2, 0) is 13.0 Å². The maximum Gasteiger partial charge on any atom is 0.152 e. The van der Waals surface area contributed by atoms with Gasteiger partial charge >= 0.3 is 0 Å². The van der Waals surface area contributed by atoms with Gasteiger partial charge in [-0.3, -0.25) is 9.88 Å². The number of pyridine rings is 1. The van der Waals surface area contributed by atoms with E-state index in [9.17, 15) is 4.39 Å². The van der Waals surface area contributed by atoms with Gasteiger partial charge in [-0.15, -0.1) is 0 Å². The zero-order valence-electron chi connectivity index (χ0n) is 12.7. The molecule has 1 aromatic heterocycles. The zero-order chi connectivity index (χ0) is 15.6. The number of benzene rings is 2. The Morgan fingerprint density at radius 1 is 1.13 bits per heavy atom. The third-order valence-corrected chi connectivity index (χ3v) is 4.22. The van der Waals surface area contributed by atoms with E-state index >= 15 is 0 Å². The molecule has 4 heteroatoms. The Morgan fingerprint density at radius 3 is 2.87 bits per heavy atom. The van der Waals surface area contributed by atoms with Gasteiger partial charge in [0.25, 0.3) is 0 Å². The molecule has 3 nitrogen and oxygen atoms in total. The van der Waals surface area contributed by atoms with Crippen molar-refractivity contribution in [3.8, 4) is 5.75 Å². The third kappa shape index (κ3) is 2.78. The largest absolute Gasteiger partial charge is 0.475 e. The summed E-state index contributed by atoms with van der Waals surface area (Å²) in [5.74, 6) is 0.485. The first kappa shape index (κ1) is 14.2. The molecule has 4 rings (SSSR count). The normalized spacial score (nSPS) is 14.5. The number of rotatable bonds is 3. The summed E-state index contributed by atoms with van der Waals surface area (Å²) in [7, 11) is 0. The zero-order valence-corrected chi connectivity index (χ0v) is 12.7. The summed E-state index contributed by atoms with van der Waals surface area (Å²) in [5, 5.41) is 0.518. The molecule has 116 valence electrons. The SMILES string of the molecule is Fc1cc2c(c3ncccc13)OCN(CCc1ccccc1)C2. The van der Waals surface area contributed by atoms with Gasteiger partial charge in [0.15, 0.2) is 5.75 Å². The average molecular weight is 308 g/mol. The third-order valence-electron chi connectivity index (χ3n) is 4.22. The van der Waals surface area contributed by atoms with Gasteiger partial charge in [0.05, 0.1) is 0 Å². The van der Waals surface area contributed by atoms with E-state index < -0.39 is 0 Å². The fourth-order valence-electron chi connectivity index (χ4n) is 3.02. The molecule has 0 amide bonds. The number of ether oxygens (including phenoxy) is 1. The minimum absolute atomic E-state index is 0.236. The van der Waals surface area contributed by atoms with E-state index in [-0.39, 0.29) is 5.82 Å². The lowest BCUT2D eigenvalue weighted by atomic mass is 10.1. The van der Waals surface area contributed by atoms with Crippen molar-refractivity contribution in [1.82, 2.24) is 9.88 Å². The summed E-state index contributed by atoms with van der Waals surface area (Å²) in [6, 6.07) is 15.4. The molecule has 0 spiro atoms. The van der Waals surface area contributed by atoms with Gasteiger partial charge in [0.1, 0.15) is 18.1 Å². The predicted octanol–water partition coefficient (Wildman–Crippen LogP) is 3.77. The molecule has 0 saturated heterocycles. The lowest BCUT2D eigenvalue weighted by molar-refractivity contribution is 0.0978. The summed E-state index contributed by atoms with van der Waals surface area (Å²) in [5.41, 5.74) is 2.78. The Labute approximate surface area is 134 Å². The number of hydrogen-bond donors (Lipinski definition) is 0. The van der Waals surface area contributed by atoms with Crippen LogP contribution in [0.25, 0.3) is 10.9 Å². The molecule has 0 aliphatic carbocycles. The van der Waals surface area contributed by atoms with Gasteiger partial charge in [-0.1, -0.05) is 30.3 Å². The summed E-state index contributed by atoms with van der Waals surface area (Å²) < 4.78 is 20.1. The molecule has 2 aromatic carbocycles. The number of fused-ring (bicyclic) bond motifs is 3. The molecule has 0 atom stereocenters. The van der Waals surface area contributed by atoms with Crippen LogP contribution < -0.4 is 4.74 Å². The van der Waals surface area contributed by atoms with E-state index in [2.05, 4.69) is 22.0 Å². The first-order chi connectivity index (χ1) is 11.3. The number of halogens is 1. The van der Waals surface area contributed by atoms with E-state index in [0.29, 0.717) is 24.2 Å². The number of hydrogen-bond acceptors (Lipinski definition) is 3. The molecule has 3 aromatic rings.